The maximum atomic E-state index is 12.2. The Kier molecular flexibility index (Phi) is 5.21. The van der Waals surface area contributed by atoms with Gasteiger partial charge in [0.15, 0.2) is 0 Å². The van der Waals surface area contributed by atoms with Crippen LogP contribution in [0.25, 0.3) is 0 Å². The molecule has 0 spiro atoms. The summed E-state index contributed by atoms with van der Waals surface area (Å²) in [6.45, 7) is 3.50. The highest BCUT2D eigenvalue weighted by Gasteiger charge is 2.30. The molecule has 0 aliphatic rings. The number of alkyl halides is 3. The van der Waals surface area contributed by atoms with Crippen molar-refractivity contribution in [2.75, 3.05) is 16.8 Å². The third-order valence-electron chi connectivity index (χ3n) is 1.83. The first kappa shape index (κ1) is 14.6. The molecule has 1 heterocycles. The van der Waals surface area contributed by atoms with Gasteiger partial charge in [-0.15, -0.1) is 18.3 Å². The highest BCUT2D eigenvalue weighted by atomic mass is 32.2. The van der Waals surface area contributed by atoms with Gasteiger partial charge in [-0.25, -0.2) is 4.98 Å². The largest absolute Gasteiger partial charge is 0.417 e. The van der Waals surface area contributed by atoms with Crippen LogP contribution in [0.2, 0.25) is 0 Å². The van der Waals surface area contributed by atoms with Crippen molar-refractivity contribution >= 4 is 23.5 Å². The first-order valence-corrected chi connectivity index (χ1v) is 6.10. The van der Waals surface area contributed by atoms with E-state index < -0.39 is 11.7 Å². The van der Waals surface area contributed by atoms with E-state index >= 15 is 0 Å². The second-order valence-corrected chi connectivity index (χ2v) is 4.31. The molecule has 1 amide bonds. The van der Waals surface area contributed by atoms with Crippen LogP contribution in [0.3, 0.4) is 0 Å². The van der Waals surface area contributed by atoms with Crippen molar-refractivity contribution in [1.82, 2.24) is 4.98 Å². The second-order valence-electron chi connectivity index (χ2n) is 3.28. The van der Waals surface area contributed by atoms with Crippen molar-refractivity contribution in [3.05, 3.63) is 36.5 Å². The molecule has 1 rings (SSSR count). The molecule has 1 aromatic heterocycles. The Labute approximate surface area is 106 Å². The lowest BCUT2D eigenvalue weighted by molar-refractivity contribution is -0.137. The summed E-state index contributed by atoms with van der Waals surface area (Å²) >= 11 is 1.35. The summed E-state index contributed by atoms with van der Waals surface area (Å²) in [5.74, 6) is 0.629. The van der Waals surface area contributed by atoms with Crippen molar-refractivity contribution in [3.8, 4) is 0 Å². The van der Waals surface area contributed by atoms with Crippen LogP contribution in [0.15, 0.2) is 31.0 Å². The quantitative estimate of drug-likeness (QED) is 0.664. The molecule has 3 nitrogen and oxygen atoms in total. The van der Waals surface area contributed by atoms with Crippen molar-refractivity contribution in [1.29, 1.82) is 0 Å². The Hall–Kier alpha value is -1.50. The zero-order chi connectivity index (χ0) is 13.6. The number of nitrogens with one attached hydrogen (secondary N) is 1. The van der Waals surface area contributed by atoms with Gasteiger partial charge in [-0.2, -0.15) is 13.2 Å². The fourth-order valence-electron chi connectivity index (χ4n) is 1.05. The summed E-state index contributed by atoms with van der Waals surface area (Å²) in [7, 11) is 0. The Balaban J connectivity index is 2.53. The normalized spacial score (nSPS) is 11.1. The Morgan fingerprint density at radius 1 is 1.50 bits per heavy atom. The third kappa shape index (κ3) is 4.79. The predicted octanol–water partition coefficient (Wildman–Crippen LogP) is 2.96. The topological polar surface area (TPSA) is 42.0 Å². The number of carbonyl (C=O) groups is 1. The number of halogens is 3. The summed E-state index contributed by atoms with van der Waals surface area (Å²) < 4.78 is 36.7. The molecule has 0 aliphatic carbocycles. The summed E-state index contributed by atoms with van der Waals surface area (Å²) in [5.41, 5.74) is -0.846. The van der Waals surface area contributed by atoms with E-state index in [-0.39, 0.29) is 17.5 Å². The van der Waals surface area contributed by atoms with Crippen molar-refractivity contribution in [2.45, 2.75) is 6.18 Å². The minimum atomic E-state index is -4.42. The SMILES string of the molecule is C=CCSCC(=O)Nc1ccc(C(F)(F)F)cn1. The van der Waals surface area contributed by atoms with E-state index in [4.69, 9.17) is 0 Å². The number of amides is 1. The van der Waals surface area contributed by atoms with Crippen LogP contribution in [0.5, 0.6) is 0 Å². The number of anilines is 1. The van der Waals surface area contributed by atoms with Gasteiger partial charge in [-0.05, 0) is 12.1 Å². The Bertz CT molecular complexity index is 417. The first-order chi connectivity index (χ1) is 8.43. The van der Waals surface area contributed by atoms with E-state index in [1.165, 1.54) is 11.8 Å². The number of aromatic nitrogens is 1. The molecule has 0 saturated carbocycles. The van der Waals surface area contributed by atoms with Crippen LogP contribution < -0.4 is 5.32 Å². The highest BCUT2D eigenvalue weighted by Crippen LogP contribution is 2.28. The van der Waals surface area contributed by atoms with E-state index in [0.29, 0.717) is 11.9 Å². The predicted molar refractivity (Wildman–Crippen MR) is 65.4 cm³/mol. The van der Waals surface area contributed by atoms with Gasteiger partial charge < -0.3 is 5.32 Å². The molecular weight excluding hydrogens is 265 g/mol. The fraction of sp³-hybridized carbons (Fsp3) is 0.273. The van der Waals surface area contributed by atoms with Crippen molar-refractivity contribution < 1.29 is 18.0 Å². The van der Waals surface area contributed by atoms with E-state index in [1.807, 2.05) is 0 Å². The molecule has 0 atom stereocenters. The maximum Gasteiger partial charge on any atom is 0.417 e. The van der Waals surface area contributed by atoms with Crippen LogP contribution in [0.1, 0.15) is 5.56 Å². The van der Waals surface area contributed by atoms with Gasteiger partial charge in [-0.1, -0.05) is 6.08 Å². The Morgan fingerprint density at radius 3 is 2.72 bits per heavy atom. The van der Waals surface area contributed by atoms with Crippen LogP contribution in [-0.2, 0) is 11.0 Å². The lowest BCUT2D eigenvalue weighted by atomic mass is 10.3. The average Bonchev–Trinajstić information content (AvgIpc) is 2.29. The van der Waals surface area contributed by atoms with E-state index in [0.717, 1.165) is 12.1 Å². The molecule has 98 valence electrons. The van der Waals surface area contributed by atoms with Crippen LogP contribution in [-0.4, -0.2) is 22.4 Å². The number of rotatable bonds is 5. The van der Waals surface area contributed by atoms with E-state index in [2.05, 4.69) is 16.9 Å². The van der Waals surface area contributed by atoms with Gasteiger partial charge in [0.2, 0.25) is 5.91 Å². The standard InChI is InChI=1S/C11H11F3N2OS/c1-2-5-18-7-10(17)16-9-4-3-8(6-15-9)11(12,13)14/h2-4,6H,1,5,7H2,(H,15,16,17). The number of carbonyl (C=O) groups excluding carboxylic acids is 1. The molecule has 0 radical (unpaired) electrons. The van der Waals surface area contributed by atoms with Gasteiger partial charge in [0, 0.05) is 11.9 Å². The minimum absolute atomic E-state index is 0.104. The van der Waals surface area contributed by atoms with Gasteiger partial charge in [0.25, 0.3) is 0 Å². The van der Waals surface area contributed by atoms with E-state index in [1.54, 1.807) is 6.08 Å². The van der Waals surface area contributed by atoms with E-state index in [9.17, 15) is 18.0 Å². The molecule has 0 fully saturated rings. The lowest BCUT2D eigenvalue weighted by Crippen LogP contribution is -2.15. The minimum Gasteiger partial charge on any atom is -0.310 e. The van der Waals surface area contributed by atoms with Crippen molar-refractivity contribution in [2.24, 2.45) is 0 Å². The molecule has 0 aromatic carbocycles. The molecule has 7 heteroatoms. The summed E-state index contributed by atoms with van der Waals surface area (Å²) in [5, 5.41) is 2.41. The third-order valence-corrected chi connectivity index (χ3v) is 2.76. The fourth-order valence-corrected chi connectivity index (χ4v) is 1.59. The lowest BCUT2D eigenvalue weighted by Gasteiger charge is -2.07. The smallest absolute Gasteiger partial charge is 0.310 e. The number of thioether (sulfide) groups is 1. The van der Waals surface area contributed by atoms with Crippen LogP contribution in [0.4, 0.5) is 19.0 Å². The summed E-state index contributed by atoms with van der Waals surface area (Å²) in [6.07, 6.45) is -2.07. The molecular formula is C11H11F3N2OS. The number of hydrogen-bond donors (Lipinski definition) is 1. The van der Waals surface area contributed by atoms with Crippen LogP contribution >= 0.6 is 11.8 Å². The van der Waals surface area contributed by atoms with Gasteiger partial charge in [0.1, 0.15) is 5.82 Å². The zero-order valence-corrected chi connectivity index (χ0v) is 10.1. The molecule has 1 aromatic rings. The zero-order valence-electron chi connectivity index (χ0n) is 9.33. The summed E-state index contributed by atoms with van der Waals surface area (Å²) in [6, 6.07) is 2.00. The molecule has 0 bridgehead atoms. The average molecular weight is 276 g/mol. The molecule has 18 heavy (non-hydrogen) atoms. The summed E-state index contributed by atoms with van der Waals surface area (Å²) in [4.78, 5) is 14.9. The second kappa shape index (κ2) is 6.44. The number of pyridine rings is 1. The maximum absolute atomic E-state index is 12.2. The molecule has 0 unspecified atom stereocenters. The number of nitrogens with zero attached hydrogens (tertiary/aromatic N) is 1. The Morgan fingerprint density at radius 2 is 2.22 bits per heavy atom. The van der Waals surface area contributed by atoms with Crippen LogP contribution in [0, 0.1) is 0 Å². The first-order valence-electron chi connectivity index (χ1n) is 4.95. The number of hydrogen-bond acceptors (Lipinski definition) is 3. The van der Waals surface area contributed by atoms with Crippen molar-refractivity contribution in [3.63, 3.8) is 0 Å². The van der Waals surface area contributed by atoms with Gasteiger partial charge in [-0.3, -0.25) is 4.79 Å². The monoisotopic (exact) mass is 276 g/mol. The molecule has 0 saturated heterocycles. The van der Waals surface area contributed by atoms with Gasteiger partial charge in [0.05, 0.1) is 11.3 Å². The highest BCUT2D eigenvalue weighted by molar-refractivity contribution is 8.00. The molecule has 0 aliphatic heterocycles. The van der Waals surface area contributed by atoms with Gasteiger partial charge >= 0.3 is 6.18 Å². The molecule has 1 N–H and O–H groups in total.